The number of methoxy groups -OCH3 is 1. The van der Waals surface area contributed by atoms with Crippen molar-refractivity contribution in [3.63, 3.8) is 0 Å². The second-order valence-corrected chi connectivity index (χ2v) is 8.34. The van der Waals surface area contributed by atoms with Crippen LogP contribution in [0.4, 0.5) is 8.78 Å². The molecule has 0 bridgehead atoms. The molecular weight excluding hydrogens is 342 g/mol. The molecule has 2 aliphatic carbocycles. The Balaban J connectivity index is 1.54. The van der Waals surface area contributed by atoms with Crippen LogP contribution < -0.4 is 0 Å². The number of rotatable bonds is 4. The Bertz CT molecular complexity index is 648. The maximum atomic E-state index is 14.2. The van der Waals surface area contributed by atoms with Gasteiger partial charge in [-0.25, -0.2) is 8.78 Å². The molecule has 27 heavy (non-hydrogen) atoms. The summed E-state index contributed by atoms with van der Waals surface area (Å²) in [5.41, 5.74) is 0.650. The summed E-state index contributed by atoms with van der Waals surface area (Å²) in [5.74, 6) is 6.82. The Morgan fingerprint density at radius 1 is 0.926 bits per heavy atom. The van der Waals surface area contributed by atoms with Gasteiger partial charge in [-0.2, -0.15) is 0 Å². The van der Waals surface area contributed by atoms with Gasteiger partial charge >= 0.3 is 0 Å². The number of hydrogen-bond donors (Lipinski definition) is 0. The summed E-state index contributed by atoms with van der Waals surface area (Å²) in [6.07, 6.45) is 11.5. The third-order valence-electron chi connectivity index (χ3n) is 6.53. The van der Waals surface area contributed by atoms with Crippen molar-refractivity contribution in [2.45, 2.75) is 77.2 Å². The average Bonchev–Trinajstić information content (AvgIpc) is 2.68. The van der Waals surface area contributed by atoms with E-state index in [9.17, 15) is 8.78 Å². The van der Waals surface area contributed by atoms with Gasteiger partial charge in [0.05, 0.1) is 11.7 Å². The van der Waals surface area contributed by atoms with Gasteiger partial charge in [-0.05, 0) is 87.3 Å². The summed E-state index contributed by atoms with van der Waals surface area (Å²) in [5, 5.41) is 0. The highest BCUT2D eigenvalue weighted by Crippen LogP contribution is 2.40. The molecule has 3 rings (SSSR count). The zero-order chi connectivity index (χ0) is 19.2. The fourth-order valence-electron chi connectivity index (χ4n) is 4.88. The van der Waals surface area contributed by atoms with Crippen molar-refractivity contribution in [2.75, 3.05) is 7.11 Å². The van der Waals surface area contributed by atoms with Crippen LogP contribution in [0.1, 0.15) is 75.8 Å². The Kier molecular flexibility index (Phi) is 7.30. The molecule has 2 fully saturated rings. The third kappa shape index (κ3) is 5.32. The van der Waals surface area contributed by atoms with E-state index < -0.39 is 11.6 Å². The van der Waals surface area contributed by atoms with Crippen LogP contribution in [0, 0.1) is 41.2 Å². The first-order chi connectivity index (χ1) is 13.1. The summed E-state index contributed by atoms with van der Waals surface area (Å²) in [7, 11) is 1.82. The Morgan fingerprint density at radius 3 is 2.00 bits per heavy atom. The van der Waals surface area contributed by atoms with Crippen molar-refractivity contribution in [3.8, 4) is 11.8 Å². The zero-order valence-electron chi connectivity index (χ0n) is 16.7. The molecule has 1 aromatic rings. The molecule has 148 valence electrons. The number of aryl methyl sites for hydroxylation is 1. The van der Waals surface area contributed by atoms with E-state index in [2.05, 4.69) is 11.8 Å². The highest BCUT2D eigenvalue weighted by atomic mass is 19.1. The van der Waals surface area contributed by atoms with E-state index in [4.69, 9.17) is 4.74 Å². The lowest BCUT2D eigenvalue weighted by Crippen LogP contribution is -2.27. The van der Waals surface area contributed by atoms with Crippen LogP contribution in [-0.2, 0) is 11.2 Å². The predicted octanol–water partition coefficient (Wildman–Crippen LogP) is 6.28. The van der Waals surface area contributed by atoms with Gasteiger partial charge in [0.1, 0.15) is 11.6 Å². The van der Waals surface area contributed by atoms with Gasteiger partial charge in [0.25, 0.3) is 0 Å². The van der Waals surface area contributed by atoms with E-state index >= 15 is 0 Å². The number of benzene rings is 1. The quantitative estimate of drug-likeness (QED) is 0.564. The minimum Gasteiger partial charge on any atom is -0.381 e. The summed E-state index contributed by atoms with van der Waals surface area (Å²) in [6.45, 7) is 2.00. The van der Waals surface area contributed by atoms with E-state index in [0.29, 0.717) is 18.1 Å². The zero-order valence-corrected chi connectivity index (χ0v) is 16.7. The SMILES string of the molecule is CCCc1cc(F)c(C#C[C@H]2CC[C@H]([C@H]3CC[C@H](OC)CC3)CC2)c(F)c1. The standard InChI is InChI=1S/C24H32F2O/c1-3-4-18-15-23(25)22(24(26)16-18)14-7-17-5-8-19(9-6-17)20-10-12-21(27-2)13-11-20/h15-17,19-21H,3-6,8-13H2,1-2H3/t17-,19-,20-,21-. The van der Waals surface area contributed by atoms with Gasteiger partial charge in [0, 0.05) is 13.0 Å². The molecule has 2 aliphatic rings. The molecule has 0 heterocycles. The highest BCUT2D eigenvalue weighted by Gasteiger charge is 2.30. The summed E-state index contributed by atoms with van der Waals surface area (Å²) in [6, 6.07) is 2.87. The first kappa shape index (κ1) is 20.3. The molecule has 0 unspecified atom stereocenters. The molecule has 0 atom stereocenters. The summed E-state index contributed by atoms with van der Waals surface area (Å²) in [4.78, 5) is 0. The molecule has 0 aromatic heterocycles. The third-order valence-corrected chi connectivity index (χ3v) is 6.53. The van der Waals surface area contributed by atoms with Crippen LogP contribution in [0.2, 0.25) is 0 Å². The largest absolute Gasteiger partial charge is 0.381 e. The van der Waals surface area contributed by atoms with Crippen molar-refractivity contribution in [1.82, 2.24) is 0 Å². The van der Waals surface area contributed by atoms with E-state index in [1.807, 2.05) is 14.0 Å². The molecule has 0 spiro atoms. The minimum absolute atomic E-state index is 0.0603. The lowest BCUT2D eigenvalue weighted by Gasteiger charge is -2.36. The topological polar surface area (TPSA) is 9.23 Å². The molecule has 0 amide bonds. The monoisotopic (exact) mass is 374 g/mol. The molecular formula is C24H32F2O. The van der Waals surface area contributed by atoms with Gasteiger partial charge in [0.15, 0.2) is 0 Å². The van der Waals surface area contributed by atoms with Crippen molar-refractivity contribution < 1.29 is 13.5 Å². The van der Waals surface area contributed by atoms with E-state index in [1.165, 1.54) is 50.7 Å². The molecule has 0 saturated heterocycles. The second-order valence-electron chi connectivity index (χ2n) is 8.34. The van der Waals surface area contributed by atoms with E-state index in [-0.39, 0.29) is 11.5 Å². The lowest BCUT2D eigenvalue weighted by atomic mass is 9.70. The van der Waals surface area contributed by atoms with Crippen molar-refractivity contribution in [3.05, 3.63) is 34.9 Å². The van der Waals surface area contributed by atoms with Crippen LogP contribution >= 0.6 is 0 Å². The molecule has 1 aromatic carbocycles. The molecule has 3 heteroatoms. The molecule has 1 nitrogen and oxygen atoms in total. The number of hydrogen-bond acceptors (Lipinski definition) is 1. The fourth-order valence-corrected chi connectivity index (χ4v) is 4.88. The van der Waals surface area contributed by atoms with Gasteiger partial charge in [0.2, 0.25) is 0 Å². The molecule has 0 aliphatic heterocycles. The molecule has 0 radical (unpaired) electrons. The molecule has 0 N–H and O–H groups in total. The van der Waals surface area contributed by atoms with Crippen LogP contribution in [0.5, 0.6) is 0 Å². The average molecular weight is 375 g/mol. The fraction of sp³-hybridized carbons (Fsp3) is 0.667. The highest BCUT2D eigenvalue weighted by molar-refractivity contribution is 5.39. The van der Waals surface area contributed by atoms with Gasteiger partial charge < -0.3 is 4.74 Å². The van der Waals surface area contributed by atoms with Gasteiger partial charge in [-0.3, -0.25) is 0 Å². The van der Waals surface area contributed by atoms with Crippen LogP contribution in [0.3, 0.4) is 0 Å². The van der Waals surface area contributed by atoms with E-state index in [1.54, 1.807) is 0 Å². The number of halogens is 2. The van der Waals surface area contributed by atoms with Crippen LogP contribution in [-0.4, -0.2) is 13.2 Å². The first-order valence-corrected chi connectivity index (χ1v) is 10.6. The summed E-state index contributed by atoms with van der Waals surface area (Å²) >= 11 is 0. The molecule has 2 saturated carbocycles. The van der Waals surface area contributed by atoms with Crippen molar-refractivity contribution in [1.29, 1.82) is 0 Å². The van der Waals surface area contributed by atoms with Crippen molar-refractivity contribution >= 4 is 0 Å². The minimum atomic E-state index is -0.519. The summed E-state index contributed by atoms with van der Waals surface area (Å²) < 4.78 is 33.9. The smallest absolute Gasteiger partial charge is 0.142 e. The number of ether oxygens (including phenoxy) is 1. The maximum Gasteiger partial charge on any atom is 0.142 e. The van der Waals surface area contributed by atoms with Gasteiger partial charge in [-0.1, -0.05) is 25.2 Å². The maximum absolute atomic E-state index is 14.2. The first-order valence-electron chi connectivity index (χ1n) is 10.6. The Hall–Kier alpha value is -1.40. The van der Waals surface area contributed by atoms with E-state index in [0.717, 1.165) is 31.1 Å². The second kappa shape index (κ2) is 9.69. The lowest BCUT2D eigenvalue weighted by molar-refractivity contribution is 0.0406. The van der Waals surface area contributed by atoms with Gasteiger partial charge in [-0.15, -0.1) is 0 Å². The Morgan fingerprint density at radius 2 is 1.48 bits per heavy atom. The van der Waals surface area contributed by atoms with Crippen molar-refractivity contribution in [2.24, 2.45) is 17.8 Å². The van der Waals surface area contributed by atoms with Crippen LogP contribution in [0.25, 0.3) is 0 Å². The predicted molar refractivity (Wildman–Crippen MR) is 105 cm³/mol. The Labute approximate surface area is 162 Å². The normalized spacial score (nSPS) is 28.4. The van der Waals surface area contributed by atoms with Crippen LogP contribution in [0.15, 0.2) is 12.1 Å².